The zero-order chi connectivity index (χ0) is 15.6. The Kier molecular flexibility index (Phi) is 4.86. The van der Waals surface area contributed by atoms with Crippen LogP contribution in [0.2, 0.25) is 0 Å². The van der Waals surface area contributed by atoms with Gasteiger partial charge in [-0.3, -0.25) is 9.59 Å². The Morgan fingerprint density at radius 1 is 1.33 bits per heavy atom. The van der Waals surface area contributed by atoms with Gasteiger partial charge in [-0.2, -0.15) is 0 Å². The lowest BCUT2D eigenvalue weighted by atomic mass is 10.0. The number of nitrogens with zero attached hydrogens (tertiary/aromatic N) is 2. The van der Waals surface area contributed by atoms with E-state index in [9.17, 15) is 9.59 Å². The Bertz CT molecular complexity index is 545. The van der Waals surface area contributed by atoms with Crippen LogP contribution in [0, 0.1) is 19.8 Å². The first-order valence-corrected chi connectivity index (χ1v) is 7.91. The zero-order valence-electron chi connectivity index (χ0n) is 13.6. The molecule has 0 aromatic carbocycles. The van der Waals surface area contributed by atoms with Gasteiger partial charge >= 0.3 is 0 Å². The molecule has 0 N–H and O–H groups in total. The number of Topliss-reactive ketones (excluding diaryl/α,β-unsaturated/α-hetero) is 1. The second-order valence-electron chi connectivity index (χ2n) is 6.20. The van der Waals surface area contributed by atoms with Crippen LogP contribution in [-0.2, 0) is 11.3 Å². The van der Waals surface area contributed by atoms with Gasteiger partial charge in [0.15, 0.2) is 5.78 Å². The molecule has 0 radical (unpaired) electrons. The van der Waals surface area contributed by atoms with Crippen molar-refractivity contribution in [1.29, 1.82) is 0 Å². The van der Waals surface area contributed by atoms with Crippen molar-refractivity contribution in [2.24, 2.45) is 5.92 Å². The number of hydrogen-bond donors (Lipinski definition) is 0. The molecule has 1 aromatic heterocycles. The van der Waals surface area contributed by atoms with Gasteiger partial charge in [0, 0.05) is 36.5 Å². The molecule has 4 nitrogen and oxygen atoms in total. The molecule has 0 spiro atoms. The van der Waals surface area contributed by atoms with Gasteiger partial charge in [0.05, 0.1) is 6.54 Å². The summed E-state index contributed by atoms with van der Waals surface area (Å²) in [7, 11) is 0. The summed E-state index contributed by atoms with van der Waals surface area (Å²) in [6, 6.07) is 1.95. The van der Waals surface area contributed by atoms with Crippen molar-refractivity contribution < 1.29 is 9.59 Å². The Labute approximate surface area is 127 Å². The standard InChI is InChI=1S/C17H26N2O2/c1-5-19-13(3)10-15(14(19)4)16(20)11-18-9-8-12(2)6-7-17(18)21/h10,12H,5-9,11H2,1-4H3. The van der Waals surface area contributed by atoms with Gasteiger partial charge in [0.1, 0.15) is 0 Å². The van der Waals surface area contributed by atoms with Gasteiger partial charge in [0.2, 0.25) is 5.91 Å². The first kappa shape index (κ1) is 15.8. The maximum absolute atomic E-state index is 12.5. The first-order chi connectivity index (χ1) is 9.93. The molecule has 0 aliphatic carbocycles. The third kappa shape index (κ3) is 3.36. The lowest BCUT2D eigenvalue weighted by Crippen LogP contribution is -2.35. The van der Waals surface area contributed by atoms with Gasteiger partial charge in [0.25, 0.3) is 0 Å². The van der Waals surface area contributed by atoms with E-state index in [0.717, 1.165) is 36.3 Å². The monoisotopic (exact) mass is 290 g/mol. The summed E-state index contributed by atoms with van der Waals surface area (Å²) >= 11 is 0. The summed E-state index contributed by atoms with van der Waals surface area (Å²) in [5.74, 6) is 0.752. The highest BCUT2D eigenvalue weighted by atomic mass is 16.2. The number of aryl methyl sites for hydroxylation is 1. The molecular formula is C17H26N2O2. The first-order valence-electron chi connectivity index (χ1n) is 7.91. The third-order valence-corrected chi connectivity index (χ3v) is 4.62. The highest BCUT2D eigenvalue weighted by molar-refractivity contribution is 6.00. The van der Waals surface area contributed by atoms with Crippen LogP contribution < -0.4 is 0 Å². The number of rotatable bonds is 4. The summed E-state index contributed by atoms with van der Waals surface area (Å²) in [6.45, 7) is 10.0. The number of aromatic nitrogens is 1. The molecule has 1 saturated heterocycles. The van der Waals surface area contributed by atoms with Crippen molar-refractivity contribution in [3.8, 4) is 0 Å². The molecule has 21 heavy (non-hydrogen) atoms. The fraction of sp³-hybridized carbons (Fsp3) is 0.647. The lowest BCUT2D eigenvalue weighted by molar-refractivity contribution is -0.130. The molecule has 4 heteroatoms. The number of hydrogen-bond acceptors (Lipinski definition) is 2. The topological polar surface area (TPSA) is 42.3 Å². The smallest absolute Gasteiger partial charge is 0.222 e. The van der Waals surface area contributed by atoms with Crippen LogP contribution in [0.1, 0.15) is 54.9 Å². The molecule has 1 aliphatic heterocycles. The van der Waals surface area contributed by atoms with E-state index >= 15 is 0 Å². The van der Waals surface area contributed by atoms with E-state index in [2.05, 4.69) is 18.4 Å². The van der Waals surface area contributed by atoms with Gasteiger partial charge in [-0.05, 0) is 45.6 Å². The SMILES string of the molecule is CCn1c(C)cc(C(=O)CN2CCC(C)CCC2=O)c1C. The molecule has 116 valence electrons. The van der Waals surface area contributed by atoms with Gasteiger partial charge in [-0.15, -0.1) is 0 Å². The maximum Gasteiger partial charge on any atom is 0.222 e. The molecule has 1 aliphatic rings. The van der Waals surface area contributed by atoms with Crippen molar-refractivity contribution in [2.75, 3.05) is 13.1 Å². The summed E-state index contributed by atoms with van der Waals surface area (Å²) in [4.78, 5) is 26.4. The maximum atomic E-state index is 12.5. The predicted molar refractivity (Wildman–Crippen MR) is 83.5 cm³/mol. The molecule has 1 aromatic rings. The quantitative estimate of drug-likeness (QED) is 0.800. The molecule has 1 fully saturated rings. The molecular weight excluding hydrogens is 264 g/mol. The summed E-state index contributed by atoms with van der Waals surface area (Å²) in [6.07, 6.45) is 2.50. The number of likely N-dealkylation sites (tertiary alicyclic amines) is 1. The Balaban J connectivity index is 2.12. The number of carbonyl (C=O) groups is 2. The molecule has 0 bridgehead atoms. The summed E-state index contributed by atoms with van der Waals surface area (Å²) in [5, 5.41) is 0. The summed E-state index contributed by atoms with van der Waals surface area (Å²) < 4.78 is 2.14. The minimum absolute atomic E-state index is 0.0608. The zero-order valence-corrected chi connectivity index (χ0v) is 13.6. The second kappa shape index (κ2) is 6.46. The Morgan fingerprint density at radius 3 is 2.67 bits per heavy atom. The van der Waals surface area contributed by atoms with Crippen molar-refractivity contribution in [3.63, 3.8) is 0 Å². The highest BCUT2D eigenvalue weighted by Crippen LogP contribution is 2.20. The van der Waals surface area contributed by atoms with Gasteiger partial charge < -0.3 is 9.47 Å². The van der Waals surface area contributed by atoms with Crippen molar-refractivity contribution in [2.45, 2.75) is 53.5 Å². The van der Waals surface area contributed by atoms with Crippen LogP contribution in [0.4, 0.5) is 0 Å². The largest absolute Gasteiger partial charge is 0.349 e. The molecule has 0 saturated carbocycles. The fourth-order valence-corrected chi connectivity index (χ4v) is 3.17. The normalized spacial score (nSPS) is 19.7. The lowest BCUT2D eigenvalue weighted by Gasteiger charge is -2.19. The van der Waals surface area contributed by atoms with Crippen LogP contribution >= 0.6 is 0 Å². The predicted octanol–water partition coefficient (Wildman–Crippen LogP) is 2.96. The molecule has 2 rings (SSSR count). The minimum atomic E-state index is 0.0608. The van der Waals surface area contributed by atoms with Crippen molar-refractivity contribution in [3.05, 3.63) is 23.0 Å². The highest BCUT2D eigenvalue weighted by Gasteiger charge is 2.24. The number of amides is 1. The molecule has 1 atom stereocenters. The average Bonchev–Trinajstić information content (AvgIpc) is 2.65. The second-order valence-corrected chi connectivity index (χ2v) is 6.20. The van der Waals surface area contributed by atoms with Crippen molar-refractivity contribution in [1.82, 2.24) is 9.47 Å². The molecule has 2 heterocycles. The van der Waals surface area contributed by atoms with Crippen LogP contribution in [0.5, 0.6) is 0 Å². The van der Waals surface area contributed by atoms with Crippen LogP contribution in [0.15, 0.2) is 6.07 Å². The van der Waals surface area contributed by atoms with Gasteiger partial charge in [-0.25, -0.2) is 0 Å². The minimum Gasteiger partial charge on any atom is -0.349 e. The van der Waals surface area contributed by atoms with Crippen LogP contribution in [0.3, 0.4) is 0 Å². The number of carbonyl (C=O) groups excluding carboxylic acids is 2. The Hall–Kier alpha value is -1.58. The van der Waals surface area contributed by atoms with E-state index in [-0.39, 0.29) is 18.2 Å². The van der Waals surface area contributed by atoms with Crippen LogP contribution in [0.25, 0.3) is 0 Å². The van der Waals surface area contributed by atoms with E-state index in [1.807, 2.05) is 19.9 Å². The van der Waals surface area contributed by atoms with E-state index < -0.39 is 0 Å². The summed E-state index contributed by atoms with van der Waals surface area (Å²) in [5.41, 5.74) is 2.88. The van der Waals surface area contributed by atoms with Crippen LogP contribution in [-0.4, -0.2) is 34.2 Å². The van der Waals surface area contributed by atoms with E-state index in [1.165, 1.54) is 0 Å². The average molecular weight is 290 g/mol. The molecule has 1 amide bonds. The fourth-order valence-electron chi connectivity index (χ4n) is 3.17. The van der Waals surface area contributed by atoms with Crippen molar-refractivity contribution >= 4 is 11.7 Å². The third-order valence-electron chi connectivity index (χ3n) is 4.62. The molecule has 1 unspecified atom stereocenters. The van der Waals surface area contributed by atoms with Gasteiger partial charge in [-0.1, -0.05) is 6.92 Å². The van der Waals surface area contributed by atoms with E-state index in [4.69, 9.17) is 0 Å². The number of ketones is 1. The van der Waals surface area contributed by atoms with E-state index in [0.29, 0.717) is 18.9 Å². The Morgan fingerprint density at radius 2 is 2.05 bits per heavy atom. The van der Waals surface area contributed by atoms with E-state index in [1.54, 1.807) is 4.90 Å².